The molecular formula is C17H35N3. The summed E-state index contributed by atoms with van der Waals surface area (Å²) in [5, 5.41) is 3.78. The largest absolute Gasteiger partial charge is 0.314 e. The average Bonchev–Trinajstić information content (AvgIpc) is 2.46. The molecule has 0 atom stereocenters. The molecule has 0 aliphatic carbocycles. The van der Waals surface area contributed by atoms with Crippen molar-refractivity contribution in [2.75, 3.05) is 39.3 Å². The Labute approximate surface area is 126 Å². The number of nitrogens with zero attached hydrogens (tertiary/aromatic N) is 2. The second kappa shape index (κ2) is 8.35. The summed E-state index contributed by atoms with van der Waals surface area (Å²) in [5.41, 5.74) is 0. The van der Waals surface area contributed by atoms with Crippen LogP contribution in [0.4, 0.5) is 0 Å². The van der Waals surface area contributed by atoms with Crippen molar-refractivity contribution in [2.24, 2.45) is 5.92 Å². The Bertz CT molecular complexity index is 251. The van der Waals surface area contributed by atoms with E-state index in [4.69, 9.17) is 0 Å². The van der Waals surface area contributed by atoms with Crippen molar-refractivity contribution in [1.29, 1.82) is 0 Å². The third-order valence-corrected chi connectivity index (χ3v) is 5.22. The van der Waals surface area contributed by atoms with Gasteiger partial charge in [0.05, 0.1) is 0 Å². The molecular weight excluding hydrogens is 246 g/mol. The zero-order valence-corrected chi connectivity index (χ0v) is 13.9. The first-order chi connectivity index (χ1) is 9.65. The molecule has 3 heteroatoms. The van der Waals surface area contributed by atoms with Gasteiger partial charge in [-0.1, -0.05) is 6.92 Å². The summed E-state index contributed by atoms with van der Waals surface area (Å²) in [4.78, 5) is 5.26. The molecule has 0 aromatic heterocycles. The van der Waals surface area contributed by atoms with Crippen LogP contribution in [-0.4, -0.2) is 61.2 Å². The van der Waals surface area contributed by atoms with Gasteiger partial charge in [0.1, 0.15) is 0 Å². The van der Waals surface area contributed by atoms with Gasteiger partial charge in [0.15, 0.2) is 0 Å². The maximum absolute atomic E-state index is 3.78. The number of rotatable bonds is 6. The van der Waals surface area contributed by atoms with Crippen molar-refractivity contribution in [1.82, 2.24) is 15.1 Å². The van der Waals surface area contributed by atoms with Crippen LogP contribution in [0.25, 0.3) is 0 Å². The Morgan fingerprint density at radius 2 is 1.65 bits per heavy atom. The molecule has 0 saturated carbocycles. The van der Waals surface area contributed by atoms with Crippen LogP contribution in [0, 0.1) is 5.92 Å². The standard InChI is InChI=1S/C17H35N3/c1-15(2)20-13-7-17(8-14-20)18-9-4-10-19-11-5-16(3)6-12-19/h15-18H,4-14H2,1-3H3. The molecule has 0 aromatic carbocycles. The van der Waals surface area contributed by atoms with Gasteiger partial charge >= 0.3 is 0 Å². The van der Waals surface area contributed by atoms with Gasteiger partial charge < -0.3 is 15.1 Å². The lowest BCUT2D eigenvalue weighted by Crippen LogP contribution is -2.45. The van der Waals surface area contributed by atoms with Crippen molar-refractivity contribution >= 4 is 0 Å². The Morgan fingerprint density at radius 1 is 1.00 bits per heavy atom. The molecule has 0 amide bonds. The van der Waals surface area contributed by atoms with Gasteiger partial charge in [-0.25, -0.2) is 0 Å². The number of likely N-dealkylation sites (tertiary alicyclic amines) is 2. The molecule has 0 radical (unpaired) electrons. The molecule has 0 spiro atoms. The fourth-order valence-corrected chi connectivity index (χ4v) is 3.51. The number of piperidine rings is 2. The molecule has 2 heterocycles. The molecule has 2 aliphatic heterocycles. The van der Waals surface area contributed by atoms with E-state index in [1.807, 2.05) is 0 Å². The van der Waals surface area contributed by atoms with Crippen LogP contribution >= 0.6 is 0 Å². The fraction of sp³-hybridized carbons (Fsp3) is 1.00. The monoisotopic (exact) mass is 281 g/mol. The van der Waals surface area contributed by atoms with Crippen LogP contribution in [0.1, 0.15) is 52.9 Å². The predicted molar refractivity (Wildman–Crippen MR) is 87.2 cm³/mol. The van der Waals surface area contributed by atoms with Crippen molar-refractivity contribution in [3.63, 3.8) is 0 Å². The Kier molecular flexibility index (Phi) is 6.79. The highest BCUT2D eigenvalue weighted by molar-refractivity contribution is 4.79. The van der Waals surface area contributed by atoms with E-state index >= 15 is 0 Å². The average molecular weight is 281 g/mol. The van der Waals surface area contributed by atoms with Gasteiger partial charge in [-0.05, 0) is 91.1 Å². The lowest BCUT2D eigenvalue weighted by Gasteiger charge is -2.35. The van der Waals surface area contributed by atoms with Crippen molar-refractivity contribution < 1.29 is 0 Å². The number of hydrogen-bond donors (Lipinski definition) is 1. The van der Waals surface area contributed by atoms with Crippen LogP contribution in [0.2, 0.25) is 0 Å². The van der Waals surface area contributed by atoms with E-state index in [0.29, 0.717) is 0 Å². The third kappa shape index (κ3) is 5.34. The first-order valence-electron chi connectivity index (χ1n) is 8.85. The van der Waals surface area contributed by atoms with Crippen LogP contribution in [0.5, 0.6) is 0 Å². The second-order valence-electron chi connectivity index (χ2n) is 7.24. The molecule has 2 rings (SSSR count). The van der Waals surface area contributed by atoms with Gasteiger partial charge in [-0.2, -0.15) is 0 Å². The van der Waals surface area contributed by atoms with Crippen LogP contribution in [-0.2, 0) is 0 Å². The van der Waals surface area contributed by atoms with Crippen LogP contribution in [0.15, 0.2) is 0 Å². The van der Waals surface area contributed by atoms with E-state index in [0.717, 1.165) is 18.0 Å². The summed E-state index contributed by atoms with van der Waals surface area (Å²) in [7, 11) is 0. The van der Waals surface area contributed by atoms with Gasteiger partial charge in [-0.3, -0.25) is 0 Å². The van der Waals surface area contributed by atoms with E-state index < -0.39 is 0 Å². The maximum Gasteiger partial charge on any atom is 0.00914 e. The summed E-state index contributed by atoms with van der Waals surface area (Å²) in [6.07, 6.45) is 6.79. The second-order valence-corrected chi connectivity index (χ2v) is 7.24. The molecule has 3 nitrogen and oxygen atoms in total. The van der Waals surface area contributed by atoms with E-state index in [9.17, 15) is 0 Å². The highest BCUT2D eigenvalue weighted by Gasteiger charge is 2.20. The summed E-state index contributed by atoms with van der Waals surface area (Å²) in [5.74, 6) is 0.954. The molecule has 0 bridgehead atoms. The van der Waals surface area contributed by atoms with E-state index in [1.165, 1.54) is 71.4 Å². The minimum Gasteiger partial charge on any atom is -0.314 e. The quantitative estimate of drug-likeness (QED) is 0.755. The topological polar surface area (TPSA) is 18.5 Å². The lowest BCUT2D eigenvalue weighted by atomic mass is 9.99. The lowest BCUT2D eigenvalue weighted by molar-refractivity contribution is 0.158. The highest BCUT2D eigenvalue weighted by atomic mass is 15.2. The molecule has 0 unspecified atom stereocenters. The first-order valence-corrected chi connectivity index (χ1v) is 8.85. The van der Waals surface area contributed by atoms with Crippen molar-refractivity contribution in [3.05, 3.63) is 0 Å². The van der Waals surface area contributed by atoms with Crippen molar-refractivity contribution in [2.45, 2.75) is 65.0 Å². The molecule has 2 saturated heterocycles. The zero-order chi connectivity index (χ0) is 14.4. The van der Waals surface area contributed by atoms with Crippen LogP contribution < -0.4 is 5.32 Å². The molecule has 2 fully saturated rings. The van der Waals surface area contributed by atoms with Gasteiger partial charge in [0, 0.05) is 12.1 Å². The Morgan fingerprint density at radius 3 is 2.25 bits per heavy atom. The van der Waals surface area contributed by atoms with Crippen LogP contribution in [0.3, 0.4) is 0 Å². The molecule has 0 aromatic rings. The fourth-order valence-electron chi connectivity index (χ4n) is 3.51. The molecule has 1 N–H and O–H groups in total. The summed E-state index contributed by atoms with van der Waals surface area (Å²) >= 11 is 0. The SMILES string of the molecule is CC1CCN(CCCNC2CCN(C(C)C)CC2)CC1. The maximum atomic E-state index is 3.78. The van der Waals surface area contributed by atoms with E-state index in [2.05, 4.69) is 35.9 Å². The van der Waals surface area contributed by atoms with Gasteiger partial charge in [-0.15, -0.1) is 0 Å². The highest BCUT2D eigenvalue weighted by Crippen LogP contribution is 2.16. The number of nitrogens with one attached hydrogen (secondary N) is 1. The normalized spacial score (nSPS) is 24.6. The first kappa shape index (κ1) is 16.3. The molecule has 2 aliphatic rings. The summed E-state index contributed by atoms with van der Waals surface area (Å²) in [6.45, 7) is 14.7. The van der Waals surface area contributed by atoms with E-state index in [-0.39, 0.29) is 0 Å². The predicted octanol–water partition coefficient (Wildman–Crippen LogP) is 2.57. The van der Waals surface area contributed by atoms with E-state index in [1.54, 1.807) is 0 Å². The number of hydrogen-bond acceptors (Lipinski definition) is 3. The minimum absolute atomic E-state index is 0.720. The van der Waals surface area contributed by atoms with Gasteiger partial charge in [0.25, 0.3) is 0 Å². The molecule has 118 valence electrons. The minimum atomic E-state index is 0.720. The van der Waals surface area contributed by atoms with Crippen molar-refractivity contribution in [3.8, 4) is 0 Å². The third-order valence-electron chi connectivity index (χ3n) is 5.22. The smallest absolute Gasteiger partial charge is 0.00914 e. The Balaban J connectivity index is 1.49. The van der Waals surface area contributed by atoms with Gasteiger partial charge in [0.2, 0.25) is 0 Å². The summed E-state index contributed by atoms with van der Waals surface area (Å²) < 4.78 is 0. The molecule has 20 heavy (non-hydrogen) atoms. The summed E-state index contributed by atoms with van der Waals surface area (Å²) in [6, 6.07) is 1.49. The Hall–Kier alpha value is -0.120. The zero-order valence-electron chi connectivity index (χ0n) is 13.9.